The van der Waals surface area contributed by atoms with Gasteiger partial charge in [0.25, 0.3) is 0 Å². The second-order valence-corrected chi connectivity index (χ2v) is 12.6. The predicted molar refractivity (Wildman–Crippen MR) is 204 cm³/mol. The number of hydrogen-bond donors (Lipinski definition) is 2. The van der Waals surface area contributed by atoms with Crippen LogP contribution in [0.4, 0.5) is 28.8 Å². The van der Waals surface area contributed by atoms with Crippen molar-refractivity contribution in [2.24, 2.45) is 0 Å². The van der Waals surface area contributed by atoms with Crippen molar-refractivity contribution in [2.45, 2.75) is 0 Å². The maximum absolute atomic E-state index is 6.21. The Bertz CT molecular complexity index is 2610. The van der Waals surface area contributed by atoms with Crippen molar-refractivity contribution in [1.29, 1.82) is 0 Å². The largest absolute Gasteiger partial charge is 0.440 e. The smallest absolute Gasteiger partial charge is 0.201 e. The number of hydrogen-bond acceptors (Lipinski definition) is 5. The number of benzene rings is 6. The molecule has 2 aromatic heterocycles. The van der Waals surface area contributed by atoms with Gasteiger partial charge in [-0.25, -0.2) is 0 Å². The van der Waals surface area contributed by atoms with Gasteiger partial charge in [-0.3, -0.25) is 0 Å². The molecular formula is C44H31N3O2. The van der Waals surface area contributed by atoms with Crippen LogP contribution in [0.3, 0.4) is 0 Å². The van der Waals surface area contributed by atoms with E-state index in [1.54, 1.807) is 0 Å². The molecule has 0 radical (unpaired) electrons. The van der Waals surface area contributed by atoms with Gasteiger partial charge in [-0.05, 0) is 81.6 Å². The van der Waals surface area contributed by atoms with Crippen LogP contribution in [0.2, 0.25) is 0 Å². The van der Waals surface area contributed by atoms with Crippen LogP contribution in [-0.4, -0.2) is 13.1 Å². The van der Waals surface area contributed by atoms with Crippen LogP contribution >= 0.6 is 0 Å². The summed E-state index contributed by atoms with van der Waals surface area (Å²) in [5.74, 6) is 1.66. The van der Waals surface area contributed by atoms with Crippen molar-refractivity contribution < 1.29 is 8.83 Å². The SMILES string of the molecule is C1=Cc2c(oc3ccc(N(c4ccc(-c5cccc6oc7c(c56)C=CCN7)cc4)c4cc(-c5ccccc5)c5ccccc5c4)cc23)NC1. The van der Waals surface area contributed by atoms with Gasteiger partial charge in [-0.2, -0.15) is 0 Å². The second kappa shape index (κ2) is 11.1. The fraction of sp³-hybridized carbons (Fsp3) is 0.0455. The molecule has 0 aliphatic carbocycles. The molecule has 0 saturated heterocycles. The molecule has 0 unspecified atom stereocenters. The highest BCUT2D eigenvalue weighted by Crippen LogP contribution is 2.44. The number of nitrogens with zero attached hydrogens (tertiary/aromatic N) is 1. The van der Waals surface area contributed by atoms with E-state index >= 15 is 0 Å². The molecule has 49 heavy (non-hydrogen) atoms. The molecule has 0 saturated carbocycles. The molecule has 8 aromatic rings. The van der Waals surface area contributed by atoms with Gasteiger partial charge in [0.1, 0.15) is 11.2 Å². The molecule has 0 amide bonds. The van der Waals surface area contributed by atoms with Crippen LogP contribution in [0.15, 0.2) is 148 Å². The maximum atomic E-state index is 6.21. The third kappa shape index (κ3) is 4.54. The average Bonchev–Trinajstić information content (AvgIpc) is 3.74. The minimum absolute atomic E-state index is 0.764. The molecule has 6 aromatic carbocycles. The molecule has 234 valence electrons. The zero-order valence-corrected chi connectivity index (χ0v) is 26.6. The monoisotopic (exact) mass is 633 g/mol. The zero-order chi connectivity index (χ0) is 32.3. The Labute approximate surface area is 283 Å². The van der Waals surface area contributed by atoms with E-state index in [4.69, 9.17) is 8.83 Å². The normalized spacial score (nSPS) is 13.3. The third-order valence-corrected chi connectivity index (χ3v) is 9.68. The molecule has 0 atom stereocenters. The van der Waals surface area contributed by atoms with Crippen LogP contribution in [0, 0.1) is 0 Å². The zero-order valence-electron chi connectivity index (χ0n) is 26.6. The topological polar surface area (TPSA) is 53.6 Å². The van der Waals surface area contributed by atoms with Gasteiger partial charge in [-0.1, -0.05) is 103 Å². The summed E-state index contributed by atoms with van der Waals surface area (Å²) in [6.45, 7) is 1.54. The molecule has 4 heterocycles. The predicted octanol–water partition coefficient (Wildman–Crippen LogP) is 12.0. The molecule has 0 spiro atoms. The molecule has 2 aliphatic heterocycles. The van der Waals surface area contributed by atoms with E-state index in [2.05, 4.69) is 161 Å². The fourth-order valence-electron chi connectivity index (χ4n) is 7.42. The first-order chi connectivity index (χ1) is 24.3. The Balaban J connectivity index is 1.17. The van der Waals surface area contributed by atoms with Crippen LogP contribution in [0.5, 0.6) is 0 Å². The summed E-state index contributed by atoms with van der Waals surface area (Å²) >= 11 is 0. The van der Waals surface area contributed by atoms with Crippen molar-refractivity contribution in [2.75, 3.05) is 28.6 Å². The first kappa shape index (κ1) is 27.6. The molecule has 2 aliphatic rings. The van der Waals surface area contributed by atoms with Crippen molar-refractivity contribution >= 4 is 73.7 Å². The fourth-order valence-corrected chi connectivity index (χ4v) is 7.42. The minimum Gasteiger partial charge on any atom is -0.440 e. The van der Waals surface area contributed by atoms with Crippen molar-refractivity contribution in [3.8, 4) is 22.3 Å². The summed E-state index contributed by atoms with van der Waals surface area (Å²) in [7, 11) is 0. The quantitative estimate of drug-likeness (QED) is 0.197. The van der Waals surface area contributed by atoms with Crippen LogP contribution in [0.1, 0.15) is 11.1 Å². The lowest BCUT2D eigenvalue weighted by Crippen LogP contribution is -2.10. The first-order valence-electron chi connectivity index (χ1n) is 16.7. The van der Waals surface area contributed by atoms with Crippen molar-refractivity contribution in [1.82, 2.24) is 0 Å². The Morgan fingerprint density at radius 1 is 0.490 bits per heavy atom. The van der Waals surface area contributed by atoms with Crippen molar-refractivity contribution in [3.05, 3.63) is 151 Å². The third-order valence-electron chi connectivity index (χ3n) is 9.68. The summed E-state index contributed by atoms with van der Waals surface area (Å²) in [4.78, 5) is 2.36. The van der Waals surface area contributed by atoms with Gasteiger partial charge in [0.2, 0.25) is 11.8 Å². The molecule has 5 heteroatoms. The van der Waals surface area contributed by atoms with Gasteiger partial charge in [0.15, 0.2) is 0 Å². The van der Waals surface area contributed by atoms with Gasteiger partial charge < -0.3 is 24.4 Å². The summed E-state index contributed by atoms with van der Waals surface area (Å²) in [5, 5.41) is 11.4. The number of nitrogens with one attached hydrogen (secondary N) is 2. The van der Waals surface area contributed by atoms with Gasteiger partial charge in [0.05, 0.1) is 0 Å². The maximum Gasteiger partial charge on any atom is 0.201 e. The van der Waals surface area contributed by atoms with E-state index in [1.165, 1.54) is 21.9 Å². The number of rotatable bonds is 5. The van der Waals surface area contributed by atoms with Gasteiger partial charge in [0, 0.05) is 52.1 Å². The molecule has 2 N–H and O–H groups in total. The van der Waals surface area contributed by atoms with Crippen molar-refractivity contribution in [3.63, 3.8) is 0 Å². The highest BCUT2D eigenvalue weighted by molar-refractivity contribution is 6.05. The molecule has 0 fully saturated rings. The Morgan fingerprint density at radius 2 is 1.20 bits per heavy atom. The summed E-state index contributed by atoms with van der Waals surface area (Å²) < 4.78 is 12.4. The lowest BCUT2D eigenvalue weighted by molar-refractivity contribution is 0.627. The summed E-state index contributed by atoms with van der Waals surface area (Å²) in [6.07, 6.45) is 8.60. The highest BCUT2D eigenvalue weighted by Gasteiger charge is 2.21. The average molecular weight is 634 g/mol. The van der Waals surface area contributed by atoms with Gasteiger partial charge >= 0.3 is 0 Å². The van der Waals surface area contributed by atoms with E-state index in [0.29, 0.717) is 0 Å². The van der Waals surface area contributed by atoms with Crippen LogP contribution in [-0.2, 0) is 0 Å². The Kier molecular flexibility index (Phi) is 6.24. The standard InChI is InChI=1S/C44H31N3O2/c1-2-9-28(10-3-1)38-27-33(25-30-11-4-5-12-34(30)38)47(32-21-22-40-39(26-32)36-14-7-23-45-43(36)48-40)31-19-17-29(18-20-31)35-13-6-16-41-42(35)37-15-8-24-46-44(37)49-41/h1-22,25-27,45-46H,23-24H2. The minimum atomic E-state index is 0.764. The lowest BCUT2D eigenvalue weighted by Gasteiger charge is -2.27. The van der Waals surface area contributed by atoms with E-state index in [0.717, 1.165) is 86.1 Å². The van der Waals surface area contributed by atoms with Crippen LogP contribution < -0.4 is 15.5 Å². The second-order valence-electron chi connectivity index (χ2n) is 12.6. The van der Waals surface area contributed by atoms with E-state index in [1.807, 2.05) is 6.07 Å². The molecular weight excluding hydrogens is 603 g/mol. The van der Waals surface area contributed by atoms with E-state index in [-0.39, 0.29) is 0 Å². The molecule has 0 bridgehead atoms. The molecule has 5 nitrogen and oxygen atoms in total. The highest BCUT2D eigenvalue weighted by atomic mass is 16.4. The number of furan rings is 2. The summed E-state index contributed by atoms with van der Waals surface area (Å²) in [6, 6.07) is 45.6. The summed E-state index contributed by atoms with van der Waals surface area (Å²) in [5.41, 5.74) is 11.8. The van der Waals surface area contributed by atoms with E-state index < -0.39 is 0 Å². The number of fused-ring (bicyclic) bond motifs is 7. The first-order valence-corrected chi connectivity index (χ1v) is 16.7. The van der Waals surface area contributed by atoms with Gasteiger partial charge in [-0.15, -0.1) is 0 Å². The van der Waals surface area contributed by atoms with E-state index in [9.17, 15) is 0 Å². The Morgan fingerprint density at radius 3 is 2.06 bits per heavy atom. The number of anilines is 5. The van der Waals surface area contributed by atoms with Crippen LogP contribution in [0.25, 0.3) is 67.1 Å². The lowest BCUT2D eigenvalue weighted by atomic mass is 9.96. The Hall–Kier alpha value is -6.46. The molecule has 10 rings (SSSR count).